The van der Waals surface area contributed by atoms with Gasteiger partial charge in [0.15, 0.2) is 0 Å². The van der Waals surface area contributed by atoms with E-state index in [1.165, 1.54) is 17.0 Å². The van der Waals surface area contributed by atoms with Crippen molar-refractivity contribution >= 4 is 10.0 Å². The van der Waals surface area contributed by atoms with Crippen molar-refractivity contribution in [2.75, 3.05) is 19.8 Å². The van der Waals surface area contributed by atoms with Crippen molar-refractivity contribution in [3.05, 3.63) is 0 Å². The lowest BCUT2D eigenvalue weighted by Crippen LogP contribution is -2.51. The normalized spacial score (nSPS) is 22.6. The molecule has 2 N–H and O–H groups in total. The highest BCUT2D eigenvalue weighted by atomic mass is 32.2. The molecule has 0 aromatic heterocycles. The zero-order chi connectivity index (χ0) is 10.8. The minimum atomic E-state index is -3.09. The molecule has 84 valence electrons. The molecule has 14 heavy (non-hydrogen) atoms. The highest BCUT2D eigenvalue weighted by Crippen LogP contribution is 2.26. The molecule has 0 unspecified atom stereocenters. The fraction of sp³-hybridized carbons (Fsp3) is 1.00. The number of nitrogens with zero attached hydrogens (tertiary/aromatic N) is 1. The van der Waals surface area contributed by atoms with Gasteiger partial charge in [0.05, 0.1) is 6.26 Å². The first-order chi connectivity index (χ1) is 6.33. The van der Waals surface area contributed by atoms with Crippen LogP contribution in [0.3, 0.4) is 0 Å². The second-order valence-corrected chi connectivity index (χ2v) is 6.53. The third-order valence-corrected chi connectivity index (χ3v) is 4.21. The summed E-state index contributed by atoms with van der Waals surface area (Å²) in [5.74, 6) is 0. The summed E-state index contributed by atoms with van der Waals surface area (Å²) in [4.78, 5) is 0. The maximum Gasteiger partial charge on any atom is 0.211 e. The Morgan fingerprint density at radius 1 is 1.29 bits per heavy atom. The van der Waals surface area contributed by atoms with Crippen LogP contribution in [0.2, 0.25) is 0 Å². The summed E-state index contributed by atoms with van der Waals surface area (Å²) >= 11 is 0. The van der Waals surface area contributed by atoms with E-state index < -0.39 is 10.0 Å². The van der Waals surface area contributed by atoms with Crippen LogP contribution in [0.5, 0.6) is 0 Å². The van der Waals surface area contributed by atoms with Crippen LogP contribution in [0.1, 0.15) is 32.1 Å². The number of nitrogens with two attached hydrogens (primary N) is 1. The van der Waals surface area contributed by atoms with Crippen LogP contribution in [0, 0.1) is 0 Å². The van der Waals surface area contributed by atoms with Gasteiger partial charge in [-0.3, -0.25) is 0 Å². The molecular weight excluding hydrogens is 200 g/mol. The molecule has 1 saturated carbocycles. The summed E-state index contributed by atoms with van der Waals surface area (Å²) in [6, 6.07) is 0. The Labute approximate surface area is 86.5 Å². The van der Waals surface area contributed by atoms with Crippen molar-refractivity contribution in [3.8, 4) is 0 Å². The van der Waals surface area contributed by atoms with E-state index in [-0.39, 0.29) is 5.54 Å². The Balaban J connectivity index is 2.58. The second kappa shape index (κ2) is 4.16. The minimum Gasteiger partial charge on any atom is -0.324 e. The van der Waals surface area contributed by atoms with Gasteiger partial charge < -0.3 is 5.73 Å². The number of hydrogen-bond donors (Lipinski definition) is 1. The molecule has 0 radical (unpaired) electrons. The molecular formula is C9H20N2O2S. The SMILES string of the molecule is CN(CC1(N)CCCCC1)S(C)(=O)=O. The Morgan fingerprint density at radius 2 is 1.79 bits per heavy atom. The van der Waals surface area contributed by atoms with E-state index in [1.807, 2.05) is 0 Å². The minimum absolute atomic E-state index is 0.296. The van der Waals surface area contributed by atoms with Crippen LogP contribution in [-0.4, -0.2) is 38.1 Å². The third-order valence-electron chi connectivity index (χ3n) is 2.95. The van der Waals surface area contributed by atoms with E-state index >= 15 is 0 Å². The van der Waals surface area contributed by atoms with Gasteiger partial charge in [0, 0.05) is 19.1 Å². The first-order valence-electron chi connectivity index (χ1n) is 5.04. The standard InChI is InChI=1S/C9H20N2O2S/c1-11(14(2,12)13)8-9(10)6-4-3-5-7-9/h3-8,10H2,1-2H3. The fourth-order valence-corrected chi connectivity index (χ4v) is 2.47. The molecule has 1 aliphatic rings. The number of rotatable bonds is 3. The number of likely N-dealkylation sites (N-methyl/N-ethyl adjacent to an activating group) is 1. The first-order valence-corrected chi connectivity index (χ1v) is 6.89. The summed E-state index contributed by atoms with van der Waals surface area (Å²) in [6.07, 6.45) is 6.56. The Kier molecular flexibility index (Phi) is 3.55. The number of sulfonamides is 1. The van der Waals surface area contributed by atoms with E-state index in [4.69, 9.17) is 5.73 Å². The van der Waals surface area contributed by atoms with Crippen LogP contribution in [0.25, 0.3) is 0 Å². The summed E-state index contributed by atoms with van der Waals surface area (Å²) in [5, 5.41) is 0. The van der Waals surface area contributed by atoms with Gasteiger partial charge in [-0.15, -0.1) is 0 Å². The average Bonchev–Trinajstić information content (AvgIpc) is 2.02. The van der Waals surface area contributed by atoms with Crippen LogP contribution in [0.15, 0.2) is 0 Å². The Hall–Kier alpha value is -0.130. The molecule has 1 aliphatic carbocycles. The van der Waals surface area contributed by atoms with Crippen molar-refractivity contribution in [1.29, 1.82) is 0 Å². The molecule has 1 rings (SSSR count). The molecule has 4 nitrogen and oxygen atoms in total. The van der Waals surface area contributed by atoms with Crippen molar-refractivity contribution in [2.45, 2.75) is 37.6 Å². The highest BCUT2D eigenvalue weighted by molar-refractivity contribution is 7.88. The highest BCUT2D eigenvalue weighted by Gasteiger charge is 2.30. The molecule has 5 heteroatoms. The summed E-state index contributed by atoms with van der Waals surface area (Å²) < 4.78 is 23.8. The van der Waals surface area contributed by atoms with Gasteiger partial charge in [0.25, 0.3) is 0 Å². The van der Waals surface area contributed by atoms with Crippen LogP contribution in [-0.2, 0) is 10.0 Å². The fourth-order valence-electron chi connectivity index (χ4n) is 1.97. The van der Waals surface area contributed by atoms with Crippen LogP contribution in [0.4, 0.5) is 0 Å². The lowest BCUT2D eigenvalue weighted by Gasteiger charge is -2.35. The molecule has 0 bridgehead atoms. The van der Waals surface area contributed by atoms with Gasteiger partial charge in [-0.1, -0.05) is 19.3 Å². The first kappa shape index (κ1) is 11.9. The maximum absolute atomic E-state index is 11.2. The lowest BCUT2D eigenvalue weighted by molar-refractivity contribution is 0.250. The molecule has 0 saturated heterocycles. The van der Waals surface area contributed by atoms with Gasteiger partial charge in [-0.25, -0.2) is 12.7 Å². The average molecular weight is 220 g/mol. The quantitative estimate of drug-likeness (QED) is 0.755. The molecule has 0 amide bonds. The van der Waals surface area contributed by atoms with E-state index in [1.54, 1.807) is 7.05 Å². The van der Waals surface area contributed by atoms with Gasteiger partial charge in [-0.2, -0.15) is 0 Å². The maximum atomic E-state index is 11.2. The largest absolute Gasteiger partial charge is 0.324 e. The van der Waals surface area contributed by atoms with E-state index in [9.17, 15) is 8.42 Å². The third kappa shape index (κ3) is 3.22. The van der Waals surface area contributed by atoms with E-state index in [2.05, 4.69) is 0 Å². The van der Waals surface area contributed by atoms with E-state index in [0.717, 1.165) is 25.7 Å². The Bertz CT molecular complexity index is 281. The summed E-state index contributed by atoms with van der Waals surface area (Å²) in [5.41, 5.74) is 5.86. The van der Waals surface area contributed by atoms with Crippen LogP contribution < -0.4 is 5.73 Å². The molecule has 0 aliphatic heterocycles. The smallest absolute Gasteiger partial charge is 0.211 e. The predicted octanol–water partition coefficient (Wildman–Crippen LogP) is 0.539. The zero-order valence-corrected chi connectivity index (χ0v) is 9.81. The molecule has 0 aromatic rings. The van der Waals surface area contributed by atoms with Gasteiger partial charge in [0.2, 0.25) is 10.0 Å². The van der Waals surface area contributed by atoms with Gasteiger partial charge in [0.1, 0.15) is 0 Å². The van der Waals surface area contributed by atoms with Crippen molar-refractivity contribution in [1.82, 2.24) is 4.31 Å². The molecule has 1 fully saturated rings. The Morgan fingerprint density at radius 3 is 2.21 bits per heavy atom. The molecule has 0 spiro atoms. The van der Waals surface area contributed by atoms with Crippen LogP contribution >= 0.6 is 0 Å². The van der Waals surface area contributed by atoms with E-state index in [0.29, 0.717) is 6.54 Å². The lowest BCUT2D eigenvalue weighted by atomic mass is 9.82. The summed E-state index contributed by atoms with van der Waals surface area (Å²) in [7, 11) is -1.49. The predicted molar refractivity (Wildman–Crippen MR) is 57.5 cm³/mol. The molecule has 0 aromatic carbocycles. The molecule has 0 atom stereocenters. The monoisotopic (exact) mass is 220 g/mol. The summed E-state index contributed by atoms with van der Waals surface area (Å²) in [6.45, 7) is 0.450. The topological polar surface area (TPSA) is 63.4 Å². The van der Waals surface area contributed by atoms with Crippen molar-refractivity contribution in [2.24, 2.45) is 5.73 Å². The number of hydrogen-bond acceptors (Lipinski definition) is 3. The zero-order valence-electron chi connectivity index (χ0n) is 8.99. The van der Waals surface area contributed by atoms with Crippen molar-refractivity contribution in [3.63, 3.8) is 0 Å². The molecule has 0 heterocycles. The van der Waals surface area contributed by atoms with Gasteiger partial charge in [-0.05, 0) is 12.8 Å². The second-order valence-electron chi connectivity index (χ2n) is 4.44. The van der Waals surface area contributed by atoms with Gasteiger partial charge >= 0.3 is 0 Å². The van der Waals surface area contributed by atoms with Crippen molar-refractivity contribution < 1.29 is 8.42 Å².